The Morgan fingerprint density at radius 3 is 2.50 bits per heavy atom. The second-order valence-corrected chi connectivity index (χ2v) is 6.64. The number of sulfonamides is 1. The van der Waals surface area contributed by atoms with Crippen molar-refractivity contribution in [3.8, 4) is 0 Å². The summed E-state index contributed by atoms with van der Waals surface area (Å²) in [5.41, 5.74) is 0.778. The lowest BCUT2D eigenvalue weighted by Gasteiger charge is -2.18. The van der Waals surface area contributed by atoms with Crippen LogP contribution in [0.4, 0.5) is 0 Å². The highest BCUT2D eigenvalue weighted by Gasteiger charge is 2.20. The number of nitrogens with two attached hydrogens (primary N) is 1. The number of benzene rings is 1. The van der Waals surface area contributed by atoms with E-state index in [2.05, 4.69) is 0 Å². The molecule has 0 aliphatic carbocycles. The van der Waals surface area contributed by atoms with Crippen LogP contribution in [0.15, 0.2) is 17.0 Å². The highest BCUT2D eigenvalue weighted by Crippen LogP contribution is 2.26. The highest BCUT2D eigenvalue weighted by molar-refractivity contribution is 7.89. The minimum Gasteiger partial charge on any atom is -0.342 e. The molecule has 1 aromatic rings. The van der Waals surface area contributed by atoms with E-state index in [4.69, 9.17) is 16.7 Å². The van der Waals surface area contributed by atoms with Gasteiger partial charge in [-0.05, 0) is 31.0 Å². The molecule has 20 heavy (non-hydrogen) atoms. The van der Waals surface area contributed by atoms with Gasteiger partial charge in [-0.25, -0.2) is 13.6 Å². The van der Waals surface area contributed by atoms with Gasteiger partial charge in [0.25, 0.3) is 5.91 Å². The Balaban J connectivity index is 3.21. The van der Waals surface area contributed by atoms with Crippen molar-refractivity contribution in [3.05, 3.63) is 28.3 Å². The van der Waals surface area contributed by atoms with Gasteiger partial charge >= 0.3 is 0 Å². The normalized spacial score (nSPS) is 11.4. The standard InChI is InChI=1S/C13H19ClN2O3S/c1-4-5-6-16(3)13(17)10-7-9(2)12(14)11(8-10)20(15,18)19/h7-8H,4-6H2,1-3H3,(H2,15,18,19). The zero-order valence-electron chi connectivity index (χ0n) is 11.8. The Morgan fingerprint density at radius 1 is 1.40 bits per heavy atom. The molecule has 0 atom stereocenters. The van der Waals surface area contributed by atoms with Crippen LogP contribution >= 0.6 is 11.6 Å². The van der Waals surface area contributed by atoms with Gasteiger partial charge in [-0.1, -0.05) is 24.9 Å². The van der Waals surface area contributed by atoms with Crippen LogP contribution in [-0.4, -0.2) is 32.8 Å². The van der Waals surface area contributed by atoms with E-state index in [1.165, 1.54) is 6.07 Å². The van der Waals surface area contributed by atoms with Crippen LogP contribution in [0.1, 0.15) is 35.7 Å². The molecule has 1 aromatic carbocycles. The van der Waals surface area contributed by atoms with E-state index in [0.717, 1.165) is 12.8 Å². The quantitative estimate of drug-likeness (QED) is 0.903. The first-order valence-corrected chi connectivity index (χ1v) is 8.19. The van der Waals surface area contributed by atoms with Crippen LogP contribution in [0.5, 0.6) is 0 Å². The van der Waals surface area contributed by atoms with Crippen LogP contribution in [0.25, 0.3) is 0 Å². The van der Waals surface area contributed by atoms with Crippen LogP contribution in [0, 0.1) is 6.92 Å². The molecule has 0 aliphatic rings. The summed E-state index contributed by atoms with van der Waals surface area (Å²) < 4.78 is 23.0. The predicted molar refractivity (Wildman–Crippen MR) is 79.4 cm³/mol. The second-order valence-electron chi connectivity index (χ2n) is 4.73. The van der Waals surface area contributed by atoms with Crippen molar-refractivity contribution in [1.82, 2.24) is 4.90 Å². The Morgan fingerprint density at radius 2 is 2.00 bits per heavy atom. The van der Waals surface area contributed by atoms with Gasteiger partial charge in [0.2, 0.25) is 10.0 Å². The largest absolute Gasteiger partial charge is 0.342 e. The number of hydrogen-bond donors (Lipinski definition) is 1. The number of aryl methyl sites for hydroxylation is 1. The van der Waals surface area contributed by atoms with Crippen LogP contribution in [0.3, 0.4) is 0 Å². The van der Waals surface area contributed by atoms with Crippen molar-refractivity contribution < 1.29 is 13.2 Å². The Labute approximate surface area is 124 Å². The summed E-state index contributed by atoms with van der Waals surface area (Å²) in [4.78, 5) is 13.6. The van der Waals surface area contributed by atoms with Gasteiger partial charge in [0, 0.05) is 19.2 Å². The first-order valence-electron chi connectivity index (χ1n) is 6.27. The van der Waals surface area contributed by atoms with Gasteiger partial charge in [0.15, 0.2) is 0 Å². The number of halogens is 1. The summed E-state index contributed by atoms with van der Waals surface area (Å²) in [6.45, 7) is 4.28. The monoisotopic (exact) mass is 318 g/mol. The molecule has 0 radical (unpaired) electrons. The van der Waals surface area contributed by atoms with Crippen LogP contribution < -0.4 is 5.14 Å². The maximum Gasteiger partial charge on any atom is 0.253 e. The minimum absolute atomic E-state index is 0.0558. The fourth-order valence-corrected chi connectivity index (χ4v) is 2.92. The van der Waals surface area contributed by atoms with Crippen molar-refractivity contribution in [2.24, 2.45) is 5.14 Å². The first kappa shape index (κ1) is 16.9. The van der Waals surface area contributed by atoms with Gasteiger partial charge in [-0.2, -0.15) is 0 Å². The molecule has 7 heteroatoms. The van der Waals surface area contributed by atoms with Crippen molar-refractivity contribution in [2.75, 3.05) is 13.6 Å². The van der Waals surface area contributed by atoms with Gasteiger partial charge in [0.1, 0.15) is 4.90 Å². The molecule has 0 saturated carbocycles. The lowest BCUT2D eigenvalue weighted by molar-refractivity contribution is 0.0793. The number of hydrogen-bond acceptors (Lipinski definition) is 3. The molecule has 0 spiro atoms. The number of carbonyl (C=O) groups is 1. The molecule has 5 nitrogen and oxygen atoms in total. The fourth-order valence-electron chi connectivity index (χ4n) is 1.78. The lowest BCUT2D eigenvalue weighted by atomic mass is 10.1. The van der Waals surface area contributed by atoms with Crippen molar-refractivity contribution in [1.29, 1.82) is 0 Å². The summed E-state index contributed by atoms with van der Waals surface area (Å²) >= 11 is 5.93. The summed E-state index contributed by atoms with van der Waals surface area (Å²) in [6, 6.07) is 2.80. The number of unbranched alkanes of at least 4 members (excludes halogenated alkanes) is 1. The van der Waals surface area contributed by atoms with Crippen molar-refractivity contribution >= 4 is 27.5 Å². The van der Waals surface area contributed by atoms with E-state index in [-0.39, 0.29) is 21.4 Å². The molecule has 0 bridgehead atoms. The molecule has 2 N–H and O–H groups in total. The maximum atomic E-state index is 12.2. The Bertz CT molecular complexity index is 614. The average molecular weight is 319 g/mol. The van der Waals surface area contributed by atoms with Crippen LogP contribution in [-0.2, 0) is 10.0 Å². The van der Waals surface area contributed by atoms with Gasteiger partial charge in [-0.3, -0.25) is 4.79 Å². The van der Waals surface area contributed by atoms with Gasteiger partial charge in [-0.15, -0.1) is 0 Å². The molecule has 0 heterocycles. The number of carbonyl (C=O) groups excluding carboxylic acids is 1. The molecular weight excluding hydrogens is 300 g/mol. The number of rotatable bonds is 5. The lowest BCUT2D eigenvalue weighted by Crippen LogP contribution is -2.28. The smallest absolute Gasteiger partial charge is 0.253 e. The minimum atomic E-state index is -3.96. The Hall–Kier alpha value is -1.11. The summed E-state index contributed by atoms with van der Waals surface area (Å²) in [5.74, 6) is -0.247. The van der Waals surface area contributed by atoms with E-state index in [1.807, 2.05) is 6.92 Å². The van der Waals surface area contributed by atoms with Crippen molar-refractivity contribution in [3.63, 3.8) is 0 Å². The second kappa shape index (κ2) is 6.56. The predicted octanol–water partition coefficient (Wildman–Crippen LogP) is 2.17. The van der Waals surface area contributed by atoms with E-state index >= 15 is 0 Å². The molecule has 1 rings (SSSR count). The molecule has 112 valence electrons. The molecular formula is C13H19ClN2O3S. The van der Waals surface area contributed by atoms with Gasteiger partial charge in [0.05, 0.1) is 5.02 Å². The van der Waals surface area contributed by atoms with Crippen molar-refractivity contribution in [2.45, 2.75) is 31.6 Å². The average Bonchev–Trinajstić information content (AvgIpc) is 2.36. The number of nitrogens with zero attached hydrogens (tertiary/aromatic N) is 1. The first-order chi connectivity index (χ1) is 9.18. The summed E-state index contributed by atoms with van der Waals surface area (Å²) in [6.07, 6.45) is 1.86. The molecule has 0 aromatic heterocycles. The molecule has 1 amide bonds. The topological polar surface area (TPSA) is 80.5 Å². The van der Waals surface area contributed by atoms with E-state index < -0.39 is 10.0 Å². The zero-order valence-corrected chi connectivity index (χ0v) is 13.4. The van der Waals surface area contributed by atoms with E-state index in [0.29, 0.717) is 12.1 Å². The third-order valence-electron chi connectivity index (χ3n) is 2.97. The molecule has 0 fully saturated rings. The molecule has 0 saturated heterocycles. The number of amides is 1. The third-order valence-corrected chi connectivity index (χ3v) is 4.52. The van der Waals surface area contributed by atoms with Gasteiger partial charge < -0.3 is 4.90 Å². The number of primary sulfonamides is 1. The van der Waals surface area contributed by atoms with Crippen LogP contribution in [0.2, 0.25) is 5.02 Å². The van der Waals surface area contributed by atoms with E-state index in [1.54, 1.807) is 24.9 Å². The molecule has 0 unspecified atom stereocenters. The summed E-state index contributed by atoms with van der Waals surface area (Å²) in [7, 11) is -2.28. The zero-order chi connectivity index (χ0) is 15.5. The third kappa shape index (κ3) is 3.94. The fraction of sp³-hybridized carbons (Fsp3) is 0.462. The maximum absolute atomic E-state index is 12.2. The van der Waals surface area contributed by atoms with E-state index in [9.17, 15) is 13.2 Å². The SMILES string of the molecule is CCCCN(C)C(=O)c1cc(C)c(Cl)c(S(N)(=O)=O)c1. The Kier molecular flexibility index (Phi) is 5.56. The molecule has 0 aliphatic heterocycles. The highest BCUT2D eigenvalue weighted by atomic mass is 35.5. The summed E-state index contributed by atoms with van der Waals surface area (Å²) in [5, 5.41) is 5.17.